The van der Waals surface area contributed by atoms with E-state index in [1.165, 1.54) is 12.8 Å². The molecule has 2 atom stereocenters. The van der Waals surface area contributed by atoms with Gasteiger partial charge in [-0.1, -0.05) is 0 Å². The molecule has 1 saturated carbocycles. The first-order valence-electron chi connectivity index (χ1n) is 7.28. The Kier molecular flexibility index (Phi) is 4.03. The Morgan fingerprint density at radius 1 is 1.32 bits per heavy atom. The molecule has 1 amide bonds. The zero-order valence-electron chi connectivity index (χ0n) is 12.2. The molecule has 2 aliphatic rings. The monoisotopic (exact) mass is 264 g/mol. The highest BCUT2D eigenvalue weighted by atomic mass is 16.6. The number of amides is 1. The van der Waals surface area contributed by atoms with Crippen molar-refractivity contribution in [3.8, 4) is 6.07 Å². The van der Waals surface area contributed by atoms with Crippen LogP contribution in [-0.2, 0) is 4.74 Å². The SMILES string of the molecule is CC(C)(C)OC(=O)N1CCCC(C(C#N)C2CC2)C1. The number of nitriles is 1. The van der Waals surface area contributed by atoms with Crippen LogP contribution in [0.4, 0.5) is 4.79 Å². The summed E-state index contributed by atoms with van der Waals surface area (Å²) < 4.78 is 5.42. The summed E-state index contributed by atoms with van der Waals surface area (Å²) in [4.78, 5) is 13.9. The van der Waals surface area contributed by atoms with Crippen LogP contribution in [0.15, 0.2) is 0 Å². The molecule has 2 unspecified atom stereocenters. The predicted molar refractivity (Wildman–Crippen MR) is 72.4 cm³/mol. The molecule has 19 heavy (non-hydrogen) atoms. The summed E-state index contributed by atoms with van der Waals surface area (Å²) in [5, 5.41) is 9.32. The number of carbonyl (C=O) groups excluding carboxylic acids is 1. The maximum absolute atomic E-state index is 12.1. The van der Waals surface area contributed by atoms with E-state index < -0.39 is 5.60 Å². The maximum Gasteiger partial charge on any atom is 0.410 e. The fourth-order valence-electron chi connectivity index (χ4n) is 2.85. The lowest BCUT2D eigenvalue weighted by atomic mass is 9.83. The average molecular weight is 264 g/mol. The Balaban J connectivity index is 1.93. The standard InChI is InChI=1S/C15H24N2O2/c1-15(2,3)19-14(18)17-8-4-5-12(10-17)13(9-16)11-6-7-11/h11-13H,4-8,10H2,1-3H3. The van der Waals surface area contributed by atoms with Crippen LogP contribution in [0.3, 0.4) is 0 Å². The third-order valence-electron chi connectivity index (χ3n) is 3.90. The van der Waals surface area contributed by atoms with Gasteiger partial charge in [0.1, 0.15) is 5.60 Å². The van der Waals surface area contributed by atoms with E-state index >= 15 is 0 Å². The van der Waals surface area contributed by atoms with Crippen LogP contribution in [-0.4, -0.2) is 29.7 Å². The van der Waals surface area contributed by atoms with Crippen LogP contribution >= 0.6 is 0 Å². The summed E-state index contributed by atoms with van der Waals surface area (Å²) in [5.74, 6) is 1.04. The van der Waals surface area contributed by atoms with Gasteiger partial charge in [0.2, 0.25) is 0 Å². The summed E-state index contributed by atoms with van der Waals surface area (Å²) in [6.07, 6.45) is 4.18. The molecule has 0 aromatic heterocycles. The molecule has 0 N–H and O–H groups in total. The van der Waals surface area contributed by atoms with E-state index in [0.717, 1.165) is 19.4 Å². The lowest BCUT2D eigenvalue weighted by Gasteiger charge is -2.35. The van der Waals surface area contributed by atoms with Gasteiger partial charge in [-0.2, -0.15) is 5.26 Å². The van der Waals surface area contributed by atoms with Crippen LogP contribution in [0.1, 0.15) is 46.5 Å². The van der Waals surface area contributed by atoms with E-state index in [1.807, 2.05) is 20.8 Å². The number of rotatable bonds is 2. The first-order valence-corrected chi connectivity index (χ1v) is 7.28. The third-order valence-corrected chi connectivity index (χ3v) is 3.90. The van der Waals surface area contributed by atoms with Crippen molar-refractivity contribution in [3.05, 3.63) is 0 Å². The number of hydrogen-bond acceptors (Lipinski definition) is 3. The van der Waals surface area contributed by atoms with Crippen molar-refractivity contribution in [2.45, 2.75) is 52.1 Å². The van der Waals surface area contributed by atoms with Gasteiger partial charge in [0.05, 0.1) is 12.0 Å². The highest BCUT2D eigenvalue weighted by Gasteiger charge is 2.39. The van der Waals surface area contributed by atoms with Crippen LogP contribution in [0.25, 0.3) is 0 Å². The first-order chi connectivity index (χ1) is 8.90. The molecule has 2 fully saturated rings. The fourth-order valence-corrected chi connectivity index (χ4v) is 2.85. The minimum absolute atomic E-state index is 0.130. The topological polar surface area (TPSA) is 53.3 Å². The van der Waals surface area contributed by atoms with Crippen LogP contribution < -0.4 is 0 Å². The summed E-state index contributed by atoms with van der Waals surface area (Å²) in [6, 6.07) is 2.46. The van der Waals surface area contributed by atoms with E-state index in [1.54, 1.807) is 4.90 Å². The molecule has 0 spiro atoms. The third kappa shape index (κ3) is 3.86. The molecule has 4 heteroatoms. The van der Waals surface area contributed by atoms with Gasteiger partial charge in [-0.25, -0.2) is 4.79 Å². The van der Waals surface area contributed by atoms with Crippen molar-refractivity contribution in [2.24, 2.45) is 17.8 Å². The predicted octanol–water partition coefficient (Wildman–Crippen LogP) is 3.18. The normalized spacial score (nSPS) is 25.6. The van der Waals surface area contributed by atoms with E-state index in [2.05, 4.69) is 6.07 Å². The van der Waals surface area contributed by atoms with Gasteiger partial charge in [-0.05, 0) is 58.3 Å². The molecule has 4 nitrogen and oxygen atoms in total. The molecule has 0 bridgehead atoms. The summed E-state index contributed by atoms with van der Waals surface area (Å²) >= 11 is 0. The molecule has 1 aliphatic heterocycles. The van der Waals surface area contributed by atoms with Gasteiger partial charge in [0.15, 0.2) is 0 Å². The number of nitrogens with zero attached hydrogens (tertiary/aromatic N) is 2. The zero-order valence-corrected chi connectivity index (χ0v) is 12.2. The number of carbonyl (C=O) groups is 1. The Morgan fingerprint density at radius 3 is 2.53 bits per heavy atom. The molecule has 0 aromatic carbocycles. The van der Waals surface area contributed by atoms with Crippen molar-refractivity contribution in [1.29, 1.82) is 5.26 Å². The zero-order chi connectivity index (χ0) is 14.0. The van der Waals surface area contributed by atoms with Crippen molar-refractivity contribution in [2.75, 3.05) is 13.1 Å². The first kappa shape index (κ1) is 14.2. The number of likely N-dealkylation sites (tertiary alicyclic amines) is 1. The Bertz CT molecular complexity index is 377. The number of piperidine rings is 1. The molecule has 1 heterocycles. The Labute approximate surface area is 115 Å². The Hall–Kier alpha value is -1.24. The van der Waals surface area contributed by atoms with Gasteiger partial charge in [-0.3, -0.25) is 0 Å². The summed E-state index contributed by atoms with van der Waals surface area (Å²) in [7, 11) is 0. The quantitative estimate of drug-likeness (QED) is 0.769. The molecule has 0 aromatic rings. The smallest absolute Gasteiger partial charge is 0.410 e. The number of hydrogen-bond donors (Lipinski definition) is 0. The van der Waals surface area contributed by atoms with Crippen molar-refractivity contribution in [3.63, 3.8) is 0 Å². The van der Waals surface area contributed by atoms with E-state index in [4.69, 9.17) is 4.74 Å². The summed E-state index contributed by atoms with van der Waals surface area (Å²) in [5.41, 5.74) is -0.449. The molecular formula is C15H24N2O2. The van der Waals surface area contributed by atoms with Gasteiger partial charge in [-0.15, -0.1) is 0 Å². The minimum atomic E-state index is -0.449. The highest BCUT2D eigenvalue weighted by molar-refractivity contribution is 5.68. The van der Waals surface area contributed by atoms with Crippen LogP contribution in [0.2, 0.25) is 0 Å². The molecule has 0 radical (unpaired) electrons. The molecule has 1 aliphatic carbocycles. The van der Waals surface area contributed by atoms with Crippen molar-refractivity contribution in [1.82, 2.24) is 4.90 Å². The van der Waals surface area contributed by atoms with Gasteiger partial charge in [0.25, 0.3) is 0 Å². The average Bonchev–Trinajstić information content (AvgIpc) is 3.13. The fraction of sp³-hybridized carbons (Fsp3) is 0.867. The molecular weight excluding hydrogens is 240 g/mol. The second-order valence-electron chi connectivity index (χ2n) is 6.82. The van der Waals surface area contributed by atoms with Gasteiger partial charge in [0, 0.05) is 13.1 Å². The van der Waals surface area contributed by atoms with Gasteiger partial charge < -0.3 is 9.64 Å². The maximum atomic E-state index is 12.1. The van der Waals surface area contributed by atoms with E-state index in [-0.39, 0.29) is 12.0 Å². The molecule has 1 saturated heterocycles. The van der Waals surface area contributed by atoms with E-state index in [9.17, 15) is 10.1 Å². The largest absolute Gasteiger partial charge is 0.444 e. The summed E-state index contributed by atoms with van der Waals surface area (Å²) in [6.45, 7) is 7.09. The molecule has 2 rings (SSSR count). The second-order valence-corrected chi connectivity index (χ2v) is 6.82. The number of ether oxygens (including phenoxy) is 1. The lowest BCUT2D eigenvalue weighted by molar-refractivity contribution is 0.0139. The van der Waals surface area contributed by atoms with Gasteiger partial charge >= 0.3 is 6.09 Å². The van der Waals surface area contributed by atoms with Crippen molar-refractivity contribution >= 4 is 6.09 Å². The van der Waals surface area contributed by atoms with Crippen molar-refractivity contribution < 1.29 is 9.53 Å². The van der Waals surface area contributed by atoms with Crippen LogP contribution in [0.5, 0.6) is 0 Å². The highest BCUT2D eigenvalue weighted by Crippen LogP contribution is 2.42. The second kappa shape index (κ2) is 5.40. The van der Waals surface area contributed by atoms with Crippen LogP contribution in [0, 0.1) is 29.1 Å². The Morgan fingerprint density at radius 2 is 2.00 bits per heavy atom. The molecule has 106 valence electrons. The lowest BCUT2D eigenvalue weighted by Crippen LogP contribution is -2.44. The van der Waals surface area contributed by atoms with E-state index in [0.29, 0.717) is 18.4 Å². The minimum Gasteiger partial charge on any atom is -0.444 e.